The number of para-hydroxylation sites is 1. The highest BCUT2D eigenvalue weighted by Crippen LogP contribution is 2.49. The highest BCUT2D eigenvalue weighted by atomic mass is 79.9. The van der Waals surface area contributed by atoms with Crippen LogP contribution in [0.2, 0.25) is 0 Å². The van der Waals surface area contributed by atoms with Crippen molar-refractivity contribution >= 4 is 39.0 Å². The molecule has 0 atom stereocenters. The standard InChI is InChI=1S/C26H22BrNO/c1-16-15-26(2,3)28-21-13-12-20-19-6-4-5-7-22(19)29-23(25(20)24(16)21)14-17-8-10-18(27)11-9-17/h4-15,28H,1-3H3/b23-14-. The number of rotatable bonds is 1. The predicted molar refractivity (Wildman–Crippen MR) is 126 cm³/mol. The molecule has 0 bridgehead atoms. The Morgan fingerprint density at radius 2 is 1.66 bits per heavy atom. The van der Waals surface area contributed by atoms with Gasteiger partial charge in [-0.05, 0) is 67.8 Å². The number of hydrogen-bond acceptors (Lipinski definition) is 2. The fraction of sp³-hybridized carbons (Fsp3) is 0.154. The Bertz CT molecular complexity index is 1190. The van der Waals surface area contributed by atoms with E-state index in [1.165, 1.54) is 16.7 Å². The monoisotopic (exact) mass is 443 g/mol. The number of ether oxygens (including phenoxy) is 1. The molecule has 144 valence electrons. The summed E-state index contributed by atoms with van der Waals surface area (Å²) in [5.41, 5.74) is 8.18. The third-order valence-corrected chi connectivity index (χ3v) is 5.97. The minimum absolute atomic E-state index is 0.0751. The van der Waals surface area contributed by atoms with E-state index in [0.717, 1.165) is 38.4 Å². The Kier molecular flexibility index (Phi) is 4.18. The Morgan fingerprint density at radius 1 is 0.897 bits per heavy atom. The normalized spacial score (nSPS) is 17.4. The van der Waals surface area contributed by atoms with Gasteiger partial charge in [-0.25, -0.2) is 0 Å². The summed E-state index contributed by atoms with van der Waals surface area (Å²) in [4.78, 5) is 0. The first-order chi connectivity index (χ1) is 13.9. The van der Waals surface area contributed by atoms with E-state index in [9.17, 15) is 0 Å². The molecule has 2 aliphatic heterocycles. The van der Waals surface area contributed by atoms with E-state index in [1.54, 1.807) is 0 Å². The van der Waals surface area contributed by atoms with E-state index in [4.69, 9.17) is 4.74 Å². The molecule has 5 rings (SSSR count). The van der Waals surface area contributed by atoms with Crippen molar-refractivity contribution in [1.82, 2.24) is 0 Å². The van der Waals surface area contributed by atoms with Crippen molar-refractivity contribution < 1.29 is 4.74 Å². The van der Waals surface area contributed by atoms with Gasteiger partial charge in [0, 0.05) is 26.9 Å². The van der Waals surface area contributed by atoms with Crippen LogP contribution in [0, 0.1) is 0 Å². The van der Waals surface area contributed by atoms with Crippen LogP contribution in [-0.2, 0) is 0 Å². The maximum atomic E-state index is 6.45. The Hall–Kier alpha value is -2.78. The molecule has 0 radical (unpaired) electrons. The second kappa shape index (κ2) is 6.64. The lowest BCUT2D eigenvalue weighted by Gasteiger charge is -2.35. The van der Waals surface area contributed by atoms with Crippen LogP contribution in [0.25, 0.3) is 28.5 Å². The summed E-state index contributed by atoms with van der Waals surface area (Å²) >= 11 is 3.52. The maximum Gasteiger partial charge on any atom is 0.136 e. The second-order valence-electron chi connectivity index (χ2n) is 8.24. The summed E-state index contributed by atoms with van der Waals surface area (Å²) in [6.45, 7) is 6.59. The summed E-state index contributed by atoms with van der Waals surface area (Å²) < 4.78 is 7.52. The molecule has 3 aromatic carbocycles. The molecule has 0 saturated heterocycles. The van der Waals surface area contributed by atoms with E-state index in [-0.39, 0.29) is 5.54 Å². The van der Waals surface area contributed by atoms with Crippen LogP contribution < -0.4 is 10.1 Å². The predicted octanol–water partition coefficient (Wildman–Crippen LogP) is 7.61. The fourth-order valence-electron chi connectivity index (χ4n) is 4.35. The van der Waals surface area contributed by atoms with Gasteiger partial charge in [-0.3, -0.25) is 0 Å². The first-order valence-corrected chi connectivity index (χ1v) is 10.6. The van der Waals surface area contributed by atoms with Crippen LogP contribution in [-0.4, -0.2) is 5.54 Å². The van der Waals surface area contributed by atoms with Gasteiger partial charge in [0.25, 0.3) is 0 Å². The van der Waals surface area contributed by atoms with E-state index in [2.05, 4.69) is 103 Å². The molecule has 0 spiro atoms. The number of halogens is 1. The minimum atomic E-state index is -0.0751. The number of allylic oxidation sites excluding steroid dienone is 1. The van der Waals surface area contributed by atoms with Gasteiger partial charge in [0.15, 0.2) is 0 Å². The van der Waals surface area contributed by atoms with Crippen molar-refractivity contribution in [3.05, 3.63) is 87.9 Å². The lowest BCUT2D eigenvalue weighted by atomic mass is 9.83. The van der Waals surface area contributed by atoms with Crippen molar-refractivity contribution in [3.8, 4) is 16.9 Å². The number of nitrogens with one attached hydrogen (secondary N) is 1. The van der Waals surface area contributed by atoms with Gasteiger partial charge in [-0.15, -0.1) is 0 Å². The highest BCUT2D eigenvalue weighted by Gasteiger charge is 2.30. The molecule has 29 heavy (non-hydrogen) atoms. The molecule has 2 nitrogen and oxygen atoms in total. The number of fused-ring (bicyclic) bond motifs is 5. The van der Waals surface area contributed by atoms with Crippen LogP contribution in [0.3, 0.4) is 0 Å². The van der Waals surface area contributed by atoms with Crippen molar-refractivity contribution in [2.45, 2.75) is 26.3 Å². The van der Waals surface area contributed by atoms with Crippen LogP contribution in [0.15, 0.2) is 71.2 Å². The summed E-state index contributed by atoms with van der Waals surface area (Å²) in [5.74, 6) is 1.78. The zero-order valence-electron chi connectivity index (χ0n) is 16.7. The quantitative estimate of drug-likeness (QED) is 0.417. The van der Waals surface area contributed by atoms with Gasteiger partial charge in [-0.2, -0.15) is 0 Å². The topological polar surface area (TPSA) is 21.3 Å². The zero-order chi connectivity index (χ0) is 20.2. The molecule has 0 unspecified atom stereocenters. The smallest absolute Gasteiger partial charge is 0.136 e. The third-order valence-electron chi connectivity index (χ3n) is 5.45. The van der Waals surface area contributed by atoms with E-state index in [0.29, 0.717) is 0 Å². The average Bonchev–Trinajstić information content (AvgIpc) is 2.68. The summed E-state index contributed by atoms with van der Waals surface area (Å²) in [5, 5.41) is 3.67. The second-order valence-corrected chi connectivity index (χ2v) is 9.16. The van der Waals surface area contributed by atoms with Crippen molar-refractivity contribution in [3.63, 3.8) is 0 Å². The molecule has 1 N–H and O–H groups in total. The molecule has 3 aromatic rings. The molecule has 2 heterocycles. The fourth-order valence-corrected chi connectivity index (χ4v) is 4.62. The van der Waals surface area contributed by atoms with Gasteiger partial charge in [0.2, 0.25) is 0 Å². The molecule has 0 saturated carbocycles. The highest BCUT2D eigenvalue weighted by molar-refractivity contribution is 9.10. The number of anilines is 1. The van der Waals surface area contributed by atoms with Crippen LogP contribution in [0.5, 0.6) is 5.75 Å². The van der Waals surface area contributed by atoms with Gasteiger partial charge in [0.05, 0.1) is 5.54 Å². The summed E-state index contributed by atoms with van der Waals surface area (Å²) in [6, 6.07) is 21.0. The van der Waals surface area contributed by atoms with E-state index in [1.807, 2.05) is 12.1 Å². The maximum absolute atomic E-state index is 6.45. The SMILES string of the molecule is CC1=CC(C)(C)Nc2ccc3c(c21)/C(=C/c1ccc(Br)cc1)Oc1ccccc1-3. The van der Waals surface area contributed by atoms with Crippen LogP contribution >= 0.6 is 15.9 Å². The molecule has 2 aliphatic rings. The summed E-state index contributed by atoms with van der Waals surface area (Å²) in [6.07, 6.45) is 4.43. The van der Waals surface area contributed by atoms with Crippen LogP contribution in [0.1, 0.15) is 37.5 Å². The van der Waals surface area contributed by atoms with Gasteiger partial charge < -0.3 is 10.1 Å². The Balaban J connectivity index is 1.78. The molecule has 0 aromatic heterocycles. The lowest BCUT2D eigenvalue weighted by Crippen LogP contribution is -2.32. The molecular formula is C26H22BrNO. The molecule has 3 heteroatoms. The molecule has 0 fully saturated rings. The van der Waals surface area contributed by atoms with Gasteiger partial charge >= 0.3 is 0 Å². The van der Waals surface area contributed by atoms with E-state index < -0.39 is 0 Å². The first kappa shape index (κ1) is 18.3. The van der Waals surface area contributed by atoms with Crippen molar-refractivity contribution in [2.75, 3.05) is 5.32 Å². The average molecular weight is 444 g/mol. The molecular weight excluding hydrogens is 422 g/mol. The van der Waals surface area contributed by atoms with Crippen molar-refractivity contribution in [1.29, 1.82) is 0 Å². The molecule has 0 aliphatic carbocycles. The Morgan fingerprint density at radius 3 is 2.45 bits per heavy atom. The molecule has 0 amide bonds. The van der Waals surface area contributed by atoms with E-state index >= 15 is 0 Å². The van der Waals surface area contributed by atoms with Gasteiger partial charge in [-0.1, -0.05) is 58.4 Å². The number of hydrogen-bond donors (Lipinski definition) is 1. The van der Waals surface area contributed by atoms with Crippen molar-refractivity contribution in [2.24, 2.45) is 0 Å². The number of benzene rings is 3. The lowest BCUT2D eigenvalue weighted by molar-refractivity contribution is 0.514. The summed E-state index contributed by atoms with van der Waals surface area (Å²) in [7, 11) is 0. The zero-order valence-corrected chi connectivity index (χ0v) is 18.3. The first-order valence-electron chi connectivity index (χ1n) is 9.81. The third kappa shape index (κ3) is 3.20. The Labute approximate surface area is 180 Å². The minimum Gasteiger partial charge on any atom is -0.456 e. The van der Waals surface area contributed by atoms with Gasteiger partial charge in [0.1, 0.15) is 11.5 Å². The largest absolute Gasteiger partial charge is 0.456 e. The van der Waals surface area contributed by atoms with Crippen LogP contribution in [0.4, 0.5) is 5.69 Å².